The molecule has 0 amide bonds. The van der Waals surface area contributed by atoms with Crippen LogP contribution in [-0.4, -0.2) is 49.2 Å². The van der Waals surface area contributed by atoms with Crippen LogP contribution in [0.4, 0.5) is 5.69 Å². The van der Waals surface area contributed by atoms with Crippen LogP contribution in [0.1, 0.15) is 25.3 Å². The molecule has 2 saturated heterocycles. The lowest BCUT2D eigenvalue weighted by Crippen LogP contribution is -2.31. The van der Waals surface area contributed by atoms with Gasteiger partial charge in [-0.3, -0.25) is 4.90 Å². The third-order valence-electron chi connectivity index (χ3n) is 4.76. The molecule has 0 unspecified atom stereocenters. The Balaban J connectivity index is 1.57. The van der Waals surface area contributed by atoms with Gasteiger partial charge in [0.05, 0.1) is 6.67 Å². The lowest BCUT2D eigenvalue weighted by Gasteiger charge is -2.26. The molecule has 2 aliphatic heterocycles. The summed E-state index contributed by atoms with van der Waals surface area (Å²) in [5, 5.41) is 0. The molecule has 2 aliphatic rings. The van der Waals surface area contributed by atoms with Crippen molar-refractivity contribution in [1.82, 2.24) is 9.80 Å². The topological polar surface area (TPSA) is 9.72 Å². The molecule has 2 fully saturated rings. The molecule has 0 aliphatic carbocycles. The van der Waals surface area contributed by atoms with Crippen LogP contribution in [0.15, 0.2) is 43.1 Å². The van der Waals surface area contributed by atoms with Gasteiger partial charge in [0.1, 0.15) is 0 Å². The van der Waals surface area contributed by atoms with Gasteiger partial charge >= 0.3 is 0 Å². The summed E-state index contributed by atoms with van der Waals surface area (Å²) < 4.78 is 0. The number of rotatable bonds is 5. The van der Waals surface area contributed by atoms with Crippen molar-refractivity contribution in [2.24, 2.45) is 0 Å². The van der Waals surface area contributed by atoms with Crippen LogP contribution in [0.2, 0.25) is 0 Å². The fraction of sp³-hybridized carbons (Fsp3) is 0.474. The molecule has 22 heavy (non-hydrogen) atoms. The second kappa shape index (κ2) is 6.57. The number of nitrogens with zero attached hydrogens (tertiary/aromatic N) is 3. The highest BCUT2D eigenvalue weighted by atomic mass is 15.4. The van der Waals surface area contributed by atoms with Gasteiger partial charge in [0.2, 0.25) is 0 Å². The fourth-order valence-electron chi connectivity index (χ4n) is 3.31. The van der Waals surface area contributed by atoms with Crippen molar-refractivity contribution in [3.8, 4) is 0 Å². The minimum absolute atomic E-state index is 0.957. The standard InChI is InChI=1S/C19H27N3/c1-16(2)18-6-8-19(9-7-18)22-13-12-21(15-22)17(3)14-20-10-4-5-11-20/h6-9H,1,3-5,10-15H2,2H3. The van der Waals surface area contributed by atoms with E-state index in [1.54, 1.807) is 0 Å². The van der Waals surface area contributed by atoms with Gasteiger partial charge in [0, 0.05) is 31.0 Å². The zero-order chi connectivity index (χ0) is 15.5. The molecule has 0 atom stereocenters. The Morgan fingerprint density at radius 2 is 1.68 bits per heavy atom. The fourth-order valence-corrected chi connectivity index (χ4v) is 3.31. The van der Waals surface area contributed by atoms with E-state index in [0.717, 1.165) is 31.9 Å². The zero-order valence-corrected chi connectivity index (χ0v) is 13.7. The van der Waals surface area contributed by atoms with Crippen LogP contribution >= 0.6 is 0 Å². The molecule has 1 aromatic carbocycles. The average molecular weight is 297 g/mol. The summed E-state index contributed by atoms with van der Waals surface area (Å²) in [7, 11) is 0. The molecule has 1 aromatic rings. The van der Waals surface area contributed by atoms with E-state index in [0.29, 0.717) is 0 Å². The second-order valence-electron chi connectivity index (χ2n) is 6.54. The summed E-state index contributed by atoms with van der Waals surface area (Å²) in [6.07, 6.45) is 2.68. The van der Waals surface area contributed by atoms with Crippen LogP contribution in [0.5, 0.6) is 0 Å². The van der Waals surface area contributed by atoms with Gasteiger partial charge in [0.25, 0.3) is 0 Å². The molecule has 0 bridgehead atoms. The van der Waals surface area contributed by atoms with E-state index in [1.807, 2.05) is 0 Å². The van der Waals surface area contributed by atoms with Crippen molar-refractivity contribution < 1.29 is 0 Å². The van der Waals surface area contributed by atoms with Gasteiger partial charge in [-0.2, -0.15) is 0 Å². The summed E-state index contributed by atoms with van der Waals surface area (Å²) in [5.41, 5.74) is 4.90. The van der Waals surface area contributed by atoms with Crippen LogP contribution in [-0.2, 0) is 0 Å². The maximum absolute atomic E-state index is 4.31. The predicted octanol–water partition coefficient (Wildman–Crippen LogP) is 3.41. The number of likely N-dealkylation sites (tertiary alicyclic amines) is 1. The number of hydrogen-bond donors (Lipinski definition) is 0. The Labute approximate surface area is 134 Å². The summed E-state index contributed by atoms with van der Waals surface area (Å²) in [4.78, 5) is 7.37. The minimum Gasteiger partial charge on any atom is -0.355 e. The maximum atomic E-state index is 4.31. The molecule has 0 N–H and O–H groups in total. The van der Waals surface area contributed by atoms with Crippen molar-refractivity contribution in [3.05, 3.63) is 48.7 Å². The van der Waals surface area contributed by atoms with E-state index >= 15 is 0 Å². The highest BCUT2D eigenvalue weighted by Crippen LogP contribution is 2.23. The molecular weight excluding hydrogens is 270 g/mol. The van der Waals surface area contributed by atoms with E-state index in [4.69, 9.17) is 0 Å². The van der Waals surface area contributed by atoms with E-state index in [2.05, 4.69) is 59.0 Å². The lowest BCUT2D eigenvalue weighted by molar-refractivity contribution is 0.313. The molecule has 3 nitrogen and oxygen atoms in total. The normalized spacial score (nSPS) is 19.0. The molecule has 118 valence electrons. The first-order valence-corrected chi connectivity index (χ1v) is 8.29. The zero-order valence-electron chi connectivity index (χ0n) is 13.7. The molecule has 0 radical (unpaired) electrons. The molecule has 3 rings (SSSR count). The van der Waals surface area contributed by atoms with Gasteiger partial charge in [-0.25, -0.2) is 0 Å². The summed E-state index contributed by atoms with van der Waals surface area (Å²) in [6, 6.07) is 8.74. The highest BCUT2D eigenvalue weighted by Gasteiger charge is 2.23. The second-order valence-corrected chi connectivity index (χ2v) is 6.54. The van der Waals surface area contributed by atoms with Crippen LogP contribution in [0.25, 0.3) is 5.57 Å². The first-order chi connectivity index (χ1) is 10.6. The quantitative estimate of drug-likeness (QED) is 0.824. The van der Waals surface area contributed by atoms with Crippen LogP contribution in [0.3, 0.4) is 0 Å². The van der Waals surface area contributed by atoms with E-state index in [9.17, 15) is 0 Å². The Bertz CT molecular complexity index is 540. The third kappa shape index (κ3) is 3.36. The van der Waals surface area contributed by atoms with E-state index in [-0.39, 0.29) is 0 Å². The van der Waals surface area contributed by atoms with Gasteiger partial charge in [-0.05, 0) is 50.6 Å². The minimum atomic E-state index is 0.957. The number of benzene rings is 1. The van der Waals surface area contributed by atoms with Gasteiger partial charge in [-0.15, -0.1) is 0 Å². The maximum Gasteiger partial charge on any atom is 0.0901 e. The van der Waals surface area contributed by atoms with Crippen LogP contribution in [0, 0.1) is 0 Å². The molecule has 2 heterocycles. The van der Waals surface area contributed by atoms with E-state index < -0.39 is 0 Å². The van der Waals surface area contributed by atoms with Gasteiger partial charge < -0.3 is 9.80 Å². The Morgan fingerprint density at radius 3 is 2.32 bits per heavy atom. The van der Waals surface area contributed by atoms with Crippen molar-refractivity contribution in [2.75, 3.05) is 44.3 Å². The summed E-state index contributed by atoms with van der Waals surface area (Å²) in [6.45, 7) is 17.0. The number of allylic oxidation sites excluding steroid dienone is 1. The lowest BCUT2D eigenvalue weighted by atomic mass is 10.1. The smallest absolute Gasteiger partial charge is 0.0901 e. The molecule has 0 spiro atoms. The highest BCUT2D eigenvalue weighted by molar-refractivity contribution is 5.64. The van der Waals surface area contributed by atoms with E-state index in [1.165, 1.54) is 42.9 Å². The molecule has 3 heteroatoms. The molecule has 0 saturated carbocycles. The molecular formula is C19H27N3. The Kier molecular flexibility index (Phi) is 4.53. The summed E-state index contributed by atoms with van der Waals surface area (Å²) >= 11 is 0. The number of anilines is 1. The van der Waals surface area contributed by atoms with Crippen molar-refractivity contribution >= 4 is 11.3 Å². The summed E-state index contributed by atoms with van der Waals surface area (Å²) in [5.74, 6) is 0. The van der Waals surface area contributed by atoms with Crippen molar-refractivity contribution in [1.29, 1.82) is 0 Å². The van der Waals surface area contributed by atoms with Crippen LogP contribution < -0.4 is 4.90 Å². The van der Waals surface area contributed by atoms with Gasteiger partial charge in [0.15, 0.2) is 0 Å². The largest absolute Gasteiger partial charge is 0.355 e. The monoisotopic (exact) mass is 297 g/mol. The number of hydrogen-bond acceptors (Lipinski definition) is 3. The Morgan fingerprint density at radius 1 is 1.00 bits per heavy atom. The van der Waals surface area contributed by atoms with Crippen molar-refractivity contribution in [2.45, 2.75) is 19.8 Å². The third-order valence-corrected chi connectivity index (χ3v) is 4.76. The Hall–Kier alpha value is -1.74. The van der Waals surface area contributed by atoms with Gasteiger partial charge in [-0.1, -0.05) is 30.9 Å². The first-order valence-electron chi connectivity index (χ1n) is 8.29. The van der Waals surface area contributed by atoms with Crippen molar-refractivity contribution in [3.63, 3.8) is 0 Å². The first kappa shape index (κ1) is 15.2. The SMILES string of the molecule is C=C(C)c1ccc(N2CCN(C(=C)CN3CCCC3)C2)cc1. The molecule has 0 aromatic heterocycles. The predicted molar refractivity (Wildman–Crippen MR) is 94.9 cm³/mol. The average Bonchev–Trinajstić information content (AvgIpc) is 3.18.